The van der Waals surface area contributed by atoms with E-state index in [9.17, 15) is 4.39 Å². The van der Waals surface area contributed by atoms with Gasteiger partial charge in [-0.2, -0.15) is 5.26 Å². The minimum atomic E-state index is -0.552. The minimum Gasteiger partial charge on any atom is -0.329 e. The van der Waals surface area contributed by atoms with Gasteiger partial charge in [-0.15, -0.1) is 0 Å². The van der Waals surface area contributed by atoms with Gasteiger partial charge in [0.2, 0.25) is 0 Å². The molecule has 1 aromatic carbocycles. The van der Waals surface area contributed by atoms with Crippen LogP contribution in [-0.4, -0.2) is 6.54 Å². The van der Waals surface area contributed by atoms with Crippen molar-refractivity contribution in [3.63, 3.8) is 0 Å². The van der Waals surface area contributed by atoms with Crippen molar-refractivity contribution in [3.8, 4) is 6.07 Å². The summed E-state index contributed by atoms with van der Waals surface area (Å²) in [4.78, 5) is 0. The van der Waals surface area contributed by atoms with E-state index in [2.05, 4.69) is 0 Å². The number of nitriles is 1. The zero-order chi connectivity index (χ0) is 9.84. The summed E-state index contributed by atoms with van der Waals surface area (Å²) in [6.45, 7) is 0.255. The molecule has 1 aromatic rings. The highest BCUT2D eigenvalue weighted by Crippen LogP contribution is 2.13. The Labute approximate surface area is 75.8 Å². The Hall–Kier alpha value is -1.44. The molecule has 0 aliphatic carbocycles. The summed E-state index contributed by atoms with van der Waals surface area (Å²) in [5, 5.41) is 8.46. The number of halogens is 1. The lowest BCUT2D eigenvalue weighted by atomic mass is 10.1. The number of nitrogens with zero attached hydrogens (tertiary/aromatic N) is 1. The van der Waals surface area contributed by atoms with E-state index in [1.807, 2.05) is 0 Å². The topological polar surface area (TPSA) is 75.8 Å². The van der Waals surface area contributed by atoms with Crippen LogP contribution in [0.1, 0.15) is 17.2 Å². The molecule has 0 saturated heterocycles. The molecule has 0 amide bonds. The van der Waals surface area contributed by atoms with Crippen molar-refractivity contribution in [2.75, 3.05) is 6.54 Å². The van der Waals surface area contributed by atoms with E-state index in [1.54, 1.807) is 12.1 Å². The van der Waals surface area contributed by atoms with Crippen LogP contribution >= 0.6 is 0 Å². The monoisotopic (exact) mass is 179 g/mol. The van der Waals surface area contributed by atoms with Crippen LogP contribution in [0.5, 0.6) is 0 Å². The van der Waals surface area contributed by atoms with Crippen molar-refractivity contribution in [2.24, 2.45) is 11.5 Å². The third-order valence-corrected chi connectivity index (χ3v) is 1.80. The van der Waals surface area contributed by atoms with E-state index in [0.29, 0.717) is 5.56 Å². The fourth-order valence-corrected chi connectivity index (χ4v) is 0.989. The first kappa shape index (κ1) is 9.65. The molecule has 4 heteroatoms. The van der Waals surface area contributed by atoms with Gasteiger partial charge in [0.1, 0.15) is 11.9 Å². The number of nitrogens with two attached hydrogens (primary N) is 2. The summed E-state index contributed by atoms with van der Waals surface area (Å²) in [6.07, 6.45) is 0. The molecule has 0 bridgehead atoms. The summed E-state index contributed by atoms with van der Waals surface area (Å²) in [5.74, 6) is -0.552. The first-order valence-electron chi connectivity index (χ1n) is 3.84. The molecule has 0 spiro atoms. The van der Waals surface area contributed by atoms with Crippen LogP contribution in [0.15, 0.2) is 18.2 Å². The van der Waals surface area contributed by atoms with Crippen LogP contribution in [0.2, 0.25) is 0 Å². The third kappa shape index (κ3) is 2.02. The lowest BCUT2D eigenvalue weighted by Crippen LogP contribution is -2.20. The molecule has 0 aromatic heterocycles. The molecule has 0 radical (unpaired) electrons. The van der Waals surface area contributed by atoms with Crippen LogP contribution in [0.25, 0.3) is 0 Å². The van der Waals surface area contributed by atoms with E-state index in [-0.39, 0.29) is 18.2 Å². The van der Waals surface area contributed by atoms with Crippen molar-refractivity contribution in [1.29, 1.82) is 5.26 Å². The number of hydrogen-bond donors (Lipinski definition) is 2. The summed E-state index contributed by atoms with van der Waals surface area (Å²) in [5.41, 5.74) is 11.5. The molecule has 1 rings (SSSR count). The van der Waals surface area contributed by atoms with Gasteiger partial charge in [-0.05, 0) is 17.7 Å². The number of benzene rings is 1. The summed E-state index contributed by atoms with van der Waals surface area (Å²) in [7, 11) is 0. The SMILES string of the molecule is N#Cc1ccc(C(N)CN)cc1F. The standard InChI is InChI=1S/C9H10FN3/c10-8-3-6(9(13)5-12)1-2-7(8)4-11/h1-3,9H,5,12-13H2. The molecule has 0 saturated carbocycles. The van der Waals surface area contributed by atoms with E-state index in [4.69, 9.17) is 16.7 Å². The Bertz CT molecular complexity index is 343. The van der Waals surface area contributed by atoms with Crippen molar-refractivity contribution >= 4 is 0 Å². The predicted molar refractivity (Wildman–Crippen MR) is 47.1 cm³/mol. The maximum Gasteiger partial charge on any atom is 0.141 e. The molecule has 0 aliphatic rings. The Morgan fingerprint density at radius 1 is 1.54 bits per heavy atom. The van der Waals surface area contributed by atoms with E-state index in [0.717, 1.165) is 0 Å². The molecule has 1 atom stereocenters. The second kappa shape index (κ2) is 3.99. The highest BCUT2D eigenvalue weighted by Gasteiger charge is 2.07. The normalized spacial score (nSPS) is 12.2. The van der Waals surface area contributed by atoms with Crippen molar-refractivity contribution in [2.45, 2.75) is 6.04 Å². The number of hydrogen-bond acceptors (Lipinski definition) is 3. The maximum atomic E-state index is 13.0. The third-order valence-electron chi connectivity index (χ3n) is 1.80. The molecule has 13 heavy (non-hydrogen) atoms. The van der Waals surface area contributed by atoms with E-state index < -0.39 is 5.82 Å². The van der Waals surface area contributed by atoms with Crippen LogP contribution in [-0.2, 0) is 0 Å². The van der Waals surface area contributed by atoms with Crippen molar-refractivity contribution in [1.82, 2.24) is 0 Å². The van der Waals surface area contributed by atoms with Gasteiger partial charge in [0.15, 0.2) is 0 Å². The second-order valence-electron chi connectivity index (χ2n) is 2.69. The zero-order valence-electron chi connectivity index (χ0n) is 7.00. The molecule has 3 nitrogen and oxygen atoms in total. The van der Waals surface area contributed by atoms with Gasteiger partial charge >= 0.3 is 0 Å². The molecule has 0 fully saturated rings. The van der Waals surface area contributed by atoms with Gasteiger partial charge < -0.3 is 11.5 Å². The zero-order valence-corrected chi connectivity index (χ0v) is 7.00. The first-order valence-corrected chi connectivity index (χ1v) is 3.84. The van der Waals surface area contributed by atoms with Gasteiger partial charge in [-0.25, -0.2) is 4.39 Å². The maximum absolute atomic E-state index is 13.0. The largest absolute Gasteiger partial charge is 0.329 e. The van der Waals surface area contributed by atoms with Crippen LogP contribution in [0.4, 0.5) is 4.39 Å². The highest BCUT2D eigenvalue weighted by atomic mass is 19.1. The van der Waals surface area contributed by atoms with Gasteiger partial charge in [0.25, 0.3) is 0 Å². The fraction of sp³-hybridized carbons (Fsp3) is 0.222. The summed E-state index contributed by atoms with van der Waals surface area (Å²) < 4.78 is 13.0. The molecule has 68 valence electrons. The predicted octanol–water partition coefficient (Wildman–Crippen LogP) is 0.656. The lowest BCUT2D eigenvalue weighted by molar-refractivity contribution is 0.616. The van der Waals surface area contributed by atoms with Crippen LogP contribution in [0.3, 0.4) is 0 Å². The van der Waals surface area contributed by atoms with Gasteiger partial charge in [-0.1, -0.05) is 6.07 Å². The van der Waals surface area contributed by atoms with Crippen molar-refractivity contribution < 1.29 is 4.39 Å². The molecular formula is C9H10FN3. The van der Waals surface area contributed by atoms with E-state index in [1.165, 1.54) is 12.1 Å². The van der Waals surface area contributed by atoms with Gasteiger partial charge in [0.05, 0.1) is 5.56 Å². The first-order chi connectivity index (χ1) is 6.19. The smallest absolute Gasteiger partial charge is 0.141 e. The molecule has 1 unspecified atom stereocenters. The Morgan fingerprint density at radius 2 is 2.23 bits per heavy atom. The average molecular weight is 179 g/mol. The second-order valence-corrected chi connectivity index (χ2v) is 2.69. The van der Waals surface area contributed by atoms with Crippen molar-refractivity contribution in [3.05, 3.63) is 35.1 Å². The van der Waals surface area contributed by atoms with Gasteiger partial charge in [0, 0.05) is 12.6 Å². The van der Waals surface area contributed by atoms with Crippen LogP contribution in [0, 0.1) is 17.1 Å². The lowest BCUT2D eigenvalue weighted by Gasteiger charge is -2.08. The molecular weight excluding hydrogens is 169 g/mol. The van der Waals surface area contributed by atoms with Gasteiger partial charge in [-0.3, -0.25) is 0 Å². The van der Waals surface area contributed by atoms with E-state index >= 15 is 0 Å². The fourth-order valence-electron chi connectivity index (χ4n) is 0.989. The quantitative estimate of drug-likeness (QED) is 0.700. The molecule has 0 aliphatic heterocycles. The average Bonchev–Trinajstić information content (AvgIpc) is 2.16. The Morgan fingerprint density at radius 3 is 2.69 bits per heavy atom. The molecule has 4 N–H and O–H groups in total. The molecule has 0 heterocycles. The Kier molecular flexibility index (Phi) is 2.96. The van der Waals surface area contributed by atoms with Crippen LogP contribution < -0.4 is 11.5 Å². The minimum absolute atomic E-state index is 0.0213. The summed E-state index contributed by atoms with van der Waals surface area (Å²) >= 11 is 0. The number of rotatable bonds is 2. The summed E-state index contributed by atoms with van der Waals surface area (Å²) in [6, 6.07) is 5.62. The Balaban J connectivity index is 3.04. The highest BCUT2D eigenvalue weighted by molar-refractivity contribution is 5.34.